The van der Waals surface area contributed by atoms with E-state index in [1.165, 1.54) is 25.0 Å². The van der Waals surface area contributed by atoms with E-state index >= 15 is 0 Å². The van der Waals surface area contributed by atoms with Gasteiger partial charge in [0.1, 0.15) is 0 Å². The van der Waals surface area contributed by atoms with Gasteiger partial charge in [-0.3, -0.25) is 0 Å². The van der Waals surface area contributed by atoms with E-state index in [9.17, 15) is 0 Å². The highest BCUT2D eigenvalue weighted by Crippen LogP contribution is 2.33. The molecule has 94 valence electrons. The minimum atomic E-state index is 0.586. The lowest BCUT2D eigenvalue weighted by Gasteiger charge is -2.16. The average Bonchev–Trinajstić information content (AvgIpc) is 2.71. The normalized spacial score (nSPS) is 23.9. The zero-order valence-electron chi connectivity index (χ0n) is 10.1. The maximum atomic E-state index is 6.00. The van der Waals surface area contributed by atoms with E-state index in [0.29, 0.717) is 6.04 Å². The van der Waals surface area contributed by atoms with Crippen molar-refractivity contribution < 1.29 is 0 Å². The van der Waals surface area contributed by atoms with Gasteiger partial charge in [-0.05, 0) is 43.2 Å². The summed E-state index contributed by atoms with van der Waals surface area (Å²) < 4.78 is 1.03. The molecule has 0 spiro atoms. The van der Waals surface area contributed by atoms with Crippen molar-refractivity contribution in [3.8, 4) is 0 Å². The van der Waals surface area contributed by atoms with Gasteiger partial charge >= 0.3 is 0 Å². The van der Waals surface area contributed by atoms with Gasteiger partial charge in [-0.15, -0.1) is 0 Å². The Bertz CT molecular complexity index is 384. The van der Waals surface area contributed by atoms with Crippen LogP contribution in [0.4, 0.5) is 11.4 Å². The molecule has 1 aromatic carbocycles. The summed E-state index contributed by atoms with van der Waals surface area (Å²) in [6, 6.07) is 6.63. The third kappa shape index (κ3) is 3.55. The first kappa shape index (κ1) is 13.1. The van der Waals surface area contributed by atoms with Gasteiger partial charge in [0.25, 0.3) is 0 Å². The van der Waals surface area contributed by atoms with E-state index in [1.807, 2.05) is 12.1 Å². The van der Waals surface area contributed by atoms with Crippen molar-refractivity contribution in [3.05, 3.63) is 22.7 Å². The van der Waals surface area contributed by atoms with Crippen LogP contribution in [-0.2, 0) is 0 Å². The van der Waals surface area contributed by atoms with Gasteiger partial charge in [0.05, 0.1) is 11.4 Å². The Balaban J connectivity index is 1.93. The van der Waals surface area contributed by atoms with E-state index in [1.54, 1.807) is 0 Å². The van der Waals surface area contributed by atoms with Crippen LogP contribution in [0.1, 0.15) is 26.2 Å². The van der Waals surface area contributed by atoms with Crippen LogP contribution in [0, 0.1) is 0 Å². The molecule has 1 fully saturated rings. The number of anilines is 2. The molecule has 2 nitrogen and oxygen atoms in total. The van der Waals surface area contributed by atoms with Crippen LogP contribution < -0.4 is 11.1 Å². The molecule has 2 atom stereocenters. The molecule has 0 radical (unpaired) electrons. The summed E-state index contributed by atoms with van der Waals surface area (Å²) >= 11 is 5.51. The second-order valence-corrected chi connectivity index (χ2v) is 6.96. The minimum absolute atomic E-state index is 0.586. The summed E-state index contributed by atoms with van der Waals surface area (Å²) in [4.78, 5) is 0. The lowest BCUT2D eigenvalue weighted by molar-refractivity contribution is 0.757. The number of thioether (sulfide) groups is 1. The van der Waals surface area contributed by atoms with Gasteiger partial charge in [-0.25, -0.2) is 0 Å². The van der Waals surface area contributed by atoms with Gasteiger partial charge in [0.15, 0.2) is 0 Å². The molecule has 0 heterocycles. The Kier molecular flexibility index (Phi) is 4.62. The van der Waals surface area contributed by atoms with Gasteiger partial charge in [-0.2, -0.15) is 11.8 Å². The third-order valence-electron chi connectivity index (χ3n) is 3.16. The van der Waals surface area contributed by atoms with E-state index in [-0.39, 0.29) is 0 Å². The molecule has 1 aliphatic carbocycles. The Labute approximate surface area is 116 Å². The minimum Gasteiger partial charge on any atom is -0.397 e. The molecule has 0 aliphatic heterocycles. The number of nitrogen functional groups attached to an aromatic ring is 1. The number of hydrogen-bond acceptors (Lipinski definition) is 3. The quantitative estimate of drug-likeness (QED) is 0.821. The monoisotopic (exact) mass is 314 g/mol. The van der Waals surface area contributed by atoms with E-state index in [4.69, 9.17) is 5.73 Å². The van der Waals surface area contributed by atoms with Crippen molar-refractivity contribution in [1.29, 1.82) is 0 Å². The summed E-state index contributed by atoms with van der Waals surface area (Å²) in [6.45, 7) is 2.23. The molecule has 0 aromatic heterocycles. The molecule has 1 aromatic rings. The number of hydrogen-bond donors (Lipinski definition) is 2. The molecule has 0 saturated heterocycles. The smallest absolute Gasteiger partial charge is 0.0576 e. The molecule has 4 heteroatoms. The summed E-state index contributed by atoms with van der Waals surface area (Å²) in [7, 11) is 0. The van der Waals surface area contributed by atoms with Crippen LogP contribution in [0.3, 0.4) is 0 Å². The molecule has 17 heavy (non-hydrogen) atoms. The highest BCUT2D eigenvalue weighted by Gasteiger charge is 2.24. The standard InChI is InChI=1S/C13H19BrN2S/c1-2-17-11-5-4-10(8-11)16-13-6-3-9(14)7-12(13)15/h3,6-7,10-11,16H,2,4-5,8,15H2,1H3. The fraction of sp³-hybridized carbons (Fsp3) is 0.538. The van der Waals surface area contributed by atoms with Crippen LogP contribution in [0.15, 0.2) is 22.7 Å². The Morgan fingerprint density at radius 2 is 2.29 bits per heavy atom. The number of nitrogens with two attached hydrogens (primary N) is 1. The van der Waals surface area contributed by atoms with E-state index in [0.717, 1.165) is 21.1 Å². The zero-order chi connectivity index (χ0) is 12.3. The fourth-order valence-corrected chi connectivity index (χ4v) is 3.86. The molecule has 3 N–H and O–H groups in total. The molecule has 1 saturated carbocycles. The third-order valence-corrected chi connectivity index (χ3v) is 4.89. The Morgan fingerprint density at radius 3 is 3.00 bits per heavy atom. The van der Waals surface area contributed by atoms with Crippen molar-refractivity contribution in [2.45, 2.75) is 37.5 Å². The van der Waals surface area contributed by atoms with Gasteiger partial charge in [-0.1, -0.05) is 22.9 Å². The molecule has 1 aliphatic rings. The van der Waals surface area contributed by atoms with Crippen molar-refractivity contribution in [2.75, 3.05) is 16.8 Å². The zero-order valence-corrected chi connectivity index (χ0v) is 12.5. The lowest BCUT2D eigenvalue weighted by atomic mass is 10.2. The van der Waals surface area contributed by atoms with Crippen molar-refractivity contribution in [2.24, 2.45) is 0 Å². The predicted molar refractivity (Wildman–Crippen MR) is 81.7 cm³/mol. The SMILES string of the molecule is CCSC1CCC(Nc2ccc(Br)cc2N)C1. The van der Waals surface area contributed by atoms with Gasteiger partial charge < -0.3 is 11.1 Å². The van der Waals surface area contributed by atoms with Crippen LogP contribution >= 0.6 is 27.7 Å². The lowest BCUT2D eigenvalue weighted by Crippen LogP contribution is -2.17. The summed E-state index contributed by atoms with van der Waals surface area (Å²) in [5, 5.41) is 4.39. The Morgan fingerprint density at radius 1 is 1.47 bits per heavy atom. The summed E-state index contributed by atoms with van der Waals surface area (Å²) in [5.74, 6) is 1.22. The predicted octanol–water partition coefficient (Wildman–Crippen LogP) is 4.12. The fourth-order valence-electron chi connectivity index (χ4n) is 2.34. The molecular formula is C13H19BrN2S. The Hall–Kier alpha value is -0.350. The first-order chi connectivity index (χ1) is 8.19. The first-order valence-electron chi connectivity index (χ1n) is 6.12. The van der Waals surface area contributed by atoms with E-state index < -0.39 is 0 Å². The average molecular weight is 315 g/mol. The largest absolute Gasteiger partial charge is 0.397 e. The molecule has 2 rings (SSSR count). The summed E-state index contributed by atoms with van der Waals surface area (Å²) in [6.07, 6.45) is 3.84. The molecule has 0 bridgehead atoms. The van der Waals surface area contributed by atoms with Crippen molar-refractivity contribution in [3.63, 3.8) is 0 Å². The highest BCUT2D eigenvalue weighted by atomic mass is 79.9. The van der Waals surface area contributed by atoms with Crippen LogP contribution in [0.25, 0.3) is 0 Å². The van der Waals surface area contributed by atoms with Crippen molar-refractivity contribution in [1.82, 2.24) is 0 Å². The maximum Gasteiger partial charge on any atom is 0.0576 e. The number of nitrogens with one attached hydrogen (secondary N) is 1. The topological polar surface area (TPSA) is 38.0 Å². The highest BCUT2D eigenvalue weighted by molar-refractivity contribution is 9.10. The van der Waals surface area contributed by atoms with Crippen LogP contribution in [0.2, 0.25) is 0 Å². The maximum absolute atomic E-state index is 6.00. The second kappa shape index (κ2) is 6.01. The second-order valence-electron chi connectivity index (χ2n) is 4.46. The summed E-state index contributed by atoms with van der Waals surface area (Å²) in [5.41, 5.74) is 7.89. The number of rotatable bonds is 4. The van der Waals surface area contributed by atoms with Crippen LogP contribution in [0.5, 0.6) is 0 Å². The number of benzene rings is 1. The van der Waals surface area contributed by atoms with E-state index in [2.05, 4.69) is 46.0 Å². The molecule has 0 amide bonds. The van der Waals surface area contributed by atoms with Gasteiger partial charge in [0.2, 0.25) is 0 Å². The first-order valence-corrected chi connectivity index (χ1v) is 7.96. The van der Waals surface area contributed by atoms with Crippen molar-refractivity contribution >= 4 is 39.1 Å². The van der Waals surface area contributed by atoms with Crippen LogP contribution in [-0.4, -0.2) is 17.0 Å². The number of halogens is 1. The molecular weight excluding hydrogens is 296 g/mol. The van der Waals surface area contributed by atoms with Gasteiger partial charge in [0, 0.05) is 15.8 Å². The molecule has 2 unspecified atom stereocenters.